The van der Waals surface area contributed by atoms with E-state index in [0.29, 0.717) is 0 Å². The molecule has 0 aliphatic rings. The highest BCUT2D eigenvalue weighted by Crippen LogP contribution is 2.27. The van der Waals surface area contributed by atoms with Crippen molar-refractivity contribution in [3.8, 4) is 0 Å². The van der Waals surface area contributed by atoms with Gasteiger partial charge in [-0.1, -0.05) is 24.4 Å². The fourth-order valence-corrected chi connectivity index (χ4v) is 2.00. The van der Waals surface area contributed by atoms with Crippen LogP contribution < -0.4 is 10.2 Å². The lowest BCUT2D eigenvalue weighted by Crippen LogP contribution is -2.28. The molecule has 0 unspecified atom stereocenters. The summed E-state index contributed by atoms with van der Waals surface area (Å²) in [4.78, 5) is 2.16. The molecule has 2 nitrogen and oxygen atoms in total. The first kappa shape index (κ1) is 10.8. The van der Waals surface area contributed by atoms with E-state index in [9.17, 15) is 0 Å². The molecule has 0 bridgehead atoms. The first-order valence-electron chi connectivity index (χ1n) is 4.25. The Kier molecular flexibility index (Phi) is 3.53. The molecular weight excluding hydrogens is 200 g/mol. The van der Waals surface area contributed by atoms with Gasteiger partial charge in [-0.05, 0) is 19.5 Å². The maximum atomic E-state index is 5.17. The molecule has 1 aromatic carbocycles. The van der Waals surface area contributed by atoms with E-state index in [-0.39, 0.29) is 0 Å². The third-order valence-electron chi connectivity index (χ3n) is 2.20. The van der Waals surface area contributed by atoms with E-state index in [4.69, 9.17) is 24.4 Å². The van der Waals surface area contributed by atoms with E-state index in [1.165, 1.54) is 5.56 Å². The molecule has 0 fully saturated rings. The van der Waals surface area contributed by atoms with Crippen LogP contribution in [0.5, 0.6) is 0 Å². The molecule has 1 aromatic rings. The summed E-state index contributed by atoms with van der Waals surface area (Å²) < 4.78 is 1.72. The topological polar surface area (TPSA) is 15.3 Å². The molecular formula is C9H14N2S2. The Bertz CT molecular complexity index is 363. The number of nitrogens with one attached hydrogen (secondary N) is 1. The molecule has 0 saturated carbocycles. The molecule has 0 spiro atoms. The zero-order chi connectivity index (χ0) is 10.0. The molecule has 0 heterocycles. The molecule has 0 aromatic heterocycles. The molecule has 0 aliphatic heterocycles. The van der Waals surface area contributed by atoms with Gasteiger partial charge in [-0.2, -0.15) is 0 Å². The van der Waals surface area contributed by atoms with Gasteiger partial charge in [0.25, 0.3) is 0 Å². The van der Waals surface area contributed by atoms with Crippen LogP contribution in [0.3, 0.4) is 0 Å². The molecule has 0 radical (unpaired) electrons. The van der Waals surface area contributed by atoms with Crippen LogP contribution in [-0.2, 0) is 0 Å². The van der Waals surface area contributed by atoms with Crippen LogP contribution in [0, 0.1) is 15.9 Å². The first-order valence-corrected chi connectivity index (χ1v) is 5.07. The number of likely N-dealkylation sites (N-methyl/N-ethyl adjacent to an activating group) is 2. The van der Waals surface area contributed by atoms with Crippen LogP contribution in [0.15, 0.2) is 0 Å². The first-order chi connectivity index (χ1) is 6.09. The van der Waals surface area contributed by atoms with Crippen LogP contribution >= 0.6 is 24.4 Å². The number of anilines is 1. The second-order valence-corrected chi connectivity index (χ2v) is 3.97. The van der Waals surface area contributed by atoms with E-state index in [1.807, 2.05) is 21.0 Å². The van der Waals surface area contributed by atoms with Gasteiger partial charge < -0.3 is 10.2 Å². The molecule has 0 amide bonds. The molecule has 4 heteroatoms. The summed E-state index contributed by atoms with van der Waals surface area (Å²) in [7, 11) is 3.99. The van der Waals surface area contributed by atoms with Crippen molar-refractivity contribution in [1.82, 2.24) is 5.32 Å². The molecule has 0 aliphatic carbocycles. The van der Waals surface area contributed by atoms with Crippen molar-refractivity contribution in [2.24, 2.45) is 0 Å². The summed E-state index contributed by atoms with van der Waals surface area (Å²) >= 11 is 10.3. The van der Waals surface area contributed by atoms with Crippen molar-refractivity contribution in [2.75, 3.05) is 32.1 Å². The van der Waals surface area contributed by atoms with E-state index < -0.39 is 0 Å². The van der Waals surface area contributed by atoms with Gasteiger partial charge >= 0.3 is 0 Å². The third-order valence-corrected chi connectivity index (χ3v) is 3.23. The lowest BCUT2D eigenvalue weighted by Gasteiger charge is -2.23. The Balaban J connectivity index is 2.74. The van der Waals surface area contributed by atoms with Gasteiger partial charge in [0.1, 0.15) is 0 Å². The second-order valence-electron chi connectivity index (χ2n) is 3.16. The number of hydrogen-bond acceptors (Lipinski definition) is 4. The summed E-state index contributed by atoms with van der Waals surface area (Å²) in [5.41, 5.74) is 2.31. The maximum absolute atomic E-state index is 5.17. The summed E-state index contributed by atoms with van der Waals surface area (Å²) in [5, 5.41) is 3.10. The minimum atomic E-state index is 0.853. The minimum absolute atomic E-state index is 0.853. The quantitative estimate of drug-likeness (QED) is 0.771. The Morgan fingerprint density at radius 3 is 2.38 bits per heavy atom. The SMILES string of the molecule is CNCCN(C)c1c(C)c(=S)c1=S. The lowest BCUT2D eigenvalue weighted by molar-refractivity contribution is 0.764. The van der Waals surface area contributed by atoms with Gasteiger partial charge in [0.05, 0.1) is 14.7 Å². The predicted molar refractivity (Wildman–Crippen MR) is 62.4 cm³/mol. The second kappa shape index (κ2) is 4.26. The number of hydrogen-bond donors (Lipinski definition) is 1. The van der Waals surface area contributed by atoms with Gasteiger partial charge in [0, 0.05) is 20.1 Å². The molecule has 1 N–H and O–H groups in total. The molecule has 0 saturated heterocycles. The minimum Gasteiger partial charge on any atom is -0.372 e. The van der Waals surface area contributed by atoms with Gasteiger partial charge in [-0.3, -0.25) is 0 Å². The van der Waals surface area contributed by atoms with E-state index in [0.717, 1.165) is 27.8 Å². The average molecular weight is 214 g/mol. The van der Waals surface area contributed by atoms with Crippen molar-refractivity contribution in [3.63, 3.8) is 0 Å². The van der Waals surface area contributed by atoms with Crippen molar-refractivity contribution in [2.45, 2.75) is 6.92 Å². The van der Waals surface area contributed by atoms with Crippen molar-refractivity contribution in [1.29, 1.82) is 0 Å². The Morgan fingerprint density at radius 1 is 1.31 bits per heavy atom. The van der Waals surface area contributed by atoms with Crippen LogP contribution in [-0.4, -0.2) is 27.2 Å². The van der Waals surface area contributed by atoms with Crippen molar-refractivity contribution >= 4 is 30.1 Å². The summed E-state index contributed by atoms with van der Waals surface area (Å²) in [6.07, 6.45) is 0. The highest BCUT2D eigenvalue weighted by Gasteiger charge is 2.13. The monoisotopic (exact) mass is 214 g/mol. The van der Waals surface area contributed by atoms with Gasteiger partial charge in [-0.25, -0.2) is 0 Å². The largest absolute Gasteiger partial charge is 0.372 e. The zero-order valence-electron chi connectivity index (χ0n) is 8.18. The lowest BCUT2D eigenvalue weighted by atomic mass is 10.1. The summed E-state index contributed by atoms with van der Waals surface area (Å²) in [6.45, 7) is 3.96. The molecule has 72 valence electrons. The summed E-state index contributed by atoms with van der Waals surface area (Å²) in [6, 6.07) is 0. The van der Waals surface area contributed by atoms with E-state index in [1.54, 1.807) is 0 Å². The van der Waals surface area contributed by atoms with Crippen molar-refractivity contribution in [3.05, 3.63) is 14.6 Å². The van der Waals surface area contributed by atoms with Crippen LogP contribution in [0.2, 0.25) is 0 Å². The van der Waals surface area contributed by atoms with Gasteiger partial charge in [-0.15, -0.1) is 0 Å². The Hall–Kier alpha value is -0.320. The number of nitrogens with zero attached hydrogens (tertiary/aromatic N) is 1. The molecule has 13 heavy (non-hydrogen) atoms. The Labute approximate surface area is 89.3 Å². The third kappa shape index (κ3) is 1.95. The molecule has 1 rings (SSSR count). The fourth-order valence-electron chi connectivity index (χ4n) is 1.34. The average Bonchev–Trinajstić information content (AvgIpc) is 2.14. The zero-order valence-corrected chi connectivity index (χ0v) is 9.81. The predicted octanol–water partition coefficient (Wildman–Crippen LogP) is 1.99. The molecule has 0 atom stereocenters. The van der Waals surface area contributed by atoms with E-state index >= 15 is 0 Å². The maximum Gasteiger partial charge on any atom is 0.0797 e. The number of rotatable bonds is 4. The van der Waals surface area contributed by atoms with E-state index in [2.05, 4.69) is 10.2 Å². The van der Waals surface area contributed by atoms with Crippen LogP contribution in [0.4, 0.5) is 5.69 Å². The summed E-state index contributed by atoms with van der Waals surface area (Å²) in [5.74, 6) is 0. The van der Waals surface area contributed by atoms with Crippen LogP contribution in [0.1, 0.15) is 5.56 Å². The highest BCUT2D eigenvalue weighted by atomic mass is 32.1. The van der Waals surface area contributed by atoms with Gasteiger partial charge in [0.15, 0.2) is 0 Å². The smallest absolute Gasteiger partial charge is 0.0797 e. The van der Waals surface area contributed by atoms with Crippen LogP contribution in [0.25, 0.3) is 0 Å². The Morgan fingerprint density at radius 2 is 1.92 bits per heavy atom. The highest BCUT2D eigenvalue weighted by molar-refractivity contribution is 7.74. The fraction of sp³-hybridized carbons (Fsp3) is 0.556. The van der Waals surface area contributed by atoms with Crippen molar-refractivity contribution < 1.29 is 0 Å². The normalized spacial score (nSPS) is 10.7. The standard InChI is InChI=1S/C9H14N2S2/c1-6-7(9(13)8(6)12)11(3)5-4-10-2/h10H,4-5H2,1-3H3. The van der Waals surface area contributed by atoms with Gasteiger partial charge in [0.2, 0.25) is 0 Å².